The van der Waals surface area contributed by atoms with Crippen molar-refractivity contribution in [1.29, 1.82) is 0 Å². The monoisotopic (exact) mass is 651 g/mol. The lowest BCUT2D eigenvalue weighted by Gasteiger charge is -2.21. The summed E-state index contributed by atoms with van der Waals surface area (Å²) in [5, 5.41) is 10.2. The highest BCUT2D eigenvalue weighted by Gasteiger charge is 2.22. The zero-order chi connectivity index (χ0) is 32.8. The van der Waals surface area contributed by atoms with Gasteiger partial charge in [0.2, 0.25) is 0 Å². The van der Waals surface area contributed by atoms with Crippen LogP contribution in [0.1, 0.15) is 0 Å². The lowest BCUT2D eigenvalue weighted by atomic mass is 9.91. The summed E-state index contributed by atoms with van der Waals surface area (Å²) in [5.41, 5.74) is 11.2. The third kappa shape index (κ3) is 4.03. The van der Waals surface area contributed by atoms with E-state index in [4.69, 9.17) is 0 Å². The summed E-state index contributed by atoms with van der Waals surface area (Å²) in [6, 6.07) is 65.0. The fourth-order valence-electron chi connectivity index (χ4n) is 8.32. The highest BCUT2D eigenvalue weighted by Crippen LogP contribution is 2.49. The van der Waals surface area contributed by atoms with Gasteiger partial charge >= 0.3 is 0 Å². The highest BCUT2D eigenvalue weighted by atomic mass is 32.2. The summed E-state index contributed by atoms with van der Waals surface area (Å²) < 4.78 is 2.50. The predicted octanol–water partition coefficient (Wildman–Crippen LogP) is 13.7. The molecule has 0 fully saturated rings. The van der Waals surface area contributed by atoms with E-state index in [-0.39, 0.29) is 0 Å². The van der Waals surface area contributed by atoms with E-state index in [2.05, 4.69) is 180 Å². The fraction of sp³-hybridized carbons (Fsp3) is 0. The van der Waals surface area contributed by atoms with Gasteiger partial charge in [0.05, 0.1) is 11.0 Å². The van der Waals surface area contributed by atoms with E-state index in [9.17, 15) is 0 Å². The Balaban J connectivity index is 1.18. The topological polar surface area (TPSA) is 4.93 Å². The molecular weight excluding hydrogens is 623 g/mol. The summed E-state index contributed by atoms with van der Waals surface area (Å²) in [4.78, 5) is 2.65. The van der Waals surface area contributed by atoms with Crippen molar-refractivity contribution in [2.24, 2.45) is 0 Å². The molecule has 1 aliphatic heterocycles. The Morgan fingerprint density at radius 1 is 0.340 bits per heavy atom. The van der Waals surface area contributed by atoms with Gasteiger partial charge in [-0.25, -0.2) is 0 Å². The van der Waals surface area contributed by atoms with Crippen LogP contribution in [-0.2, 0) is 0 Å². The molecule has 0 saturated carbocycles. The Hall–Kier alpha value is -6.09. The van der Waals surface area contributed by atoms with Crippen molar-refractivity contribution in [1.82, 2.24) is 4.57 Å². The first-order chi connectivity index (χ1) is 24.8. The maximum atomic E-state index is 2.50. The highest BCUT2D eigenvalue weighted by molar-refractivity contribution is 7.99. The zero-order valence-electron chi connectivity index (χ0n) is 27.1. The average molecular weight is 652 g/mol. The van der Waals surface area contributed by atoms with Crippen molar-refractivity contribution in [2.75, 3.05) is 0 Å². The summed E-state index contributed by atoms with van der Waals surface area (Å²) in [6.45, 7) is 0. The minimum absolute atomic E-state index is 1.17. The van der Waals surface area contributed by atoms with Gasteiger partial charge in [-0.3, -0.25) is 0 Å². The van der Waals surface area contributed by atoms with Gasteiger partial charge in [-0.1, -0.05) is 145 Å². The van der Waals surface area contributed by atoms with Crippen molar-refractivity contribution < 1.29 is 0 Å². The number of para-hydroxylation sites is 1. The van der Waals surface area contributed by atoms with E-state index in [0.29, 0.717) is 0 Å². The Morgan fingerprint density at radius 2 is 1.04 bits per heavy atom. The van der Waals surface area contributed by atoms with Gasteiger partial charge in [0.15, 0.2) is 0 Å². The van der Waals surface area contributed by atoms with Crippen molar-refractivity contribution in [3.63, 3.8) is 0 Å². The molecule has 0 unspecified atom stereocenters. The predicted molar refractivity (Wildman–Crippen MR) is 214 cm³/mol. The van der Waals surface area contributed by atoms with Gasteiger partial charge in [-0.15, -0.1) is 0 Å². The number of nitrogens with zero attached hydrogens (tertiary/aromatic N) is 1. The number of hydrogen-bond donors (Lipinski definition) is 0. The van der Waals surface area contributed by atoms with Gasteiger partial charge in [-0.2, -0.15) is 0 Å². The second-order valence-corrected chi connectivity index (χ2v) is 14.4. The zero-order valence-corrected chi connectivity index (χ0v) is 27.9. The molecule has 0 N–H and O–H groups in total. The molecule has 11 rings (SSSR count). The SMILES string of the molecule is c1ccc(-n2c3c4ccccc4ccc3c3c(-c4cccc(-c5ccc6c(c5)-c5cccc7cccc(c57)S6)c4)cc4ccccc4c32)cc1. The quantitative estimate of drug-likeness (QED) is 0.184. The normalized spacial score (nSPS) is 12.3. The maximum Gasteiger partial charge on any atom is 0.0625 e. The van der Waals surface area contributed by atoms with Crippen LogP contribution in [0.5, 0.6) is 0 Å². The summed E-state index contributed by atoms with van der Waals surface area (Å²) in [7, 11) is 0. The first-order valence-electron chi connectivity index (χ1n) is 17.2. The van der Waals surface area contributed by atoms with Crippen LogP contribution in [0.2, 0.25) is 0 Å². The van der Waals surface area contributed by atoms with Crippen molar-refractivity contribution in [3.05, 3.63) is 176 Å². The Labute approximate surface area is 294 Å². The molecule has 0 aliphatic carbocycles. The van der Waals surface area contributed by atoms with Crippen LogP contribution in [0, 0.1) is 0 Å². The molecular formula is C48H29NS. The lowest BCUT2D eigenvalue weighted by Crippen LogP contribution is -1.95. The average Bonchev–Trinajstić information content (AvgIpc) is 3.54. The molecule has 1 nitrogen and oxygen atoms in total. The van der Waals surface area contributed by atoms with E-state index >= 15 is 0 Å². The summed E-state index contributed by atoms with van der Waals surface area (Å²) in [5.74, 6) is 0. The van der Waals surface area contributed by atoms with Crippen LogP contribution in [0.3, 0.4) is 0 Å². The van der Waals surface area contributed by atoms with Crippen molar-refractivity contribution in [3.8, 4) is 39.1 Å². The van der Waals surface area contributed by atoms with Gasteiger partial charge < -0.3 is 4.57 Å². The molecule has 1 aliphatic rings. The largest absolute Gasteiger partial charge is 0.308 e. The van der Waals surface area contributed by atoms with Crippen LogP contribution in [0.4, 0.5) is 0 Å². The molecule has 0 saturated heterocycles. The molecule has 0 atom stereocenters. The molecule has 50 heavy (non-hydrogen) atoms. The standard InChI is InChI=1S/C48H29NS/c1-2-17-36(18-3-1)49-47-37-19-6-4-11-30(37)23-25-40(47)46-41(29-35-12-5-7-20-38(35)48(46)49)34-16-8-15-32(27-34)33-24-26-43-42(28-33)39-21-9-13-31-14-10-22-44(50-43)45(31)39/h1-29H. The first kappa shape index (κ1) is 27.8. The maximum absolute atomic E-state index is 2.50. The molecule has 2 heteroatoms. The summed E-state index contributed by atoms with van der Waals surface area (Å²) in [6.07, 6.45) is 0. The van der Waals surface area contributed by atoms with Crippen molar-refractivity contribution >= 4 is 65.9 Å². The number of benzene rings is 9. The Morgan fingerprint density at radius 3 is 1.92 bits per heavy atom. The third-order valence-corrected chi connectivity index (χ3v) is 11.7. The molecule has 0 radical (unpaired) electrons. The van der Waals surface area contributed by atoms with Gasteiger partial charge in [0.25, 0.3) is 0 Å². The van der Waals surface area contributed by atoms with Gasteiger partial charge in [0.1, 0.15) is 0 Å². The van der Waals surface area contributed by atoms with E-state index in [1.54, 1.807) is 0 Å². The van der Waals surface area contributed by atoms with E-state index < -0.39 is 0 Å². The van der Waals surface area contributed by atoms with Gasteiger partial charge in [0, 0.05) is 42.4 Å². The number of aromatic nitrogens is 1. The number of hydrogen-bond acceptors (Lipinski definition) is 1. The van der Waals surface area contributed by atoms with Crippen LogP contribution in [-0.4, -0.2) is 4.57 Å². The number of fused-ring (bicyclic) bond motifs is 9. The summed E-state index contributed by atoms with van der Waals surface area (Å²) >= 11 is 1.88. The molecule has 1 aromatic heterocycles. The van der Waals surface area contributed by atoms with Crippen LogP contribution >= 0.6 is 11.8 Å². The smallest absolute Gasteiger partial charge is 0.0625 e. The minimum atomic E-state index is 1.17. The second-order valence-electron chi connectivity index (χ2n) is 13.3. The van der Waals surface area contributed by atoms with E-state index in [1.165, 1.54) is 103 Å². The molecule has 10 aromatic rings. The molecule has 9 aromatic carbocycles. The molecule has 2 heterocycles. The Bertz CT molecular complexity index is 3000. The molecule has 0 spiro atoms. The second kappa shape index (κ2) is 10.7. The van der Waals surface area contributed by atoms with Gasteiger partial charge in [-0.05, 0) is 92.0 Å². The fourth-order valence-corrected chi connectivity index (χ4v) is 9.44. The van der Waals surface area contributed by atoms with E-state index in [1.807, 2.05) is 11.8 Å². The third-order valence-electron chi connectivity index (χ3n) is 10.5. The van der Waals surface area contributed by atoms with E-state index in [0.717, 1.165) is 0 Å². The first-order valence-corrected chi connectivity index (χ1v) is 18.0. The van der Waals surface area contributed by atoms with Crippen LogP contribution in [0.15, 0.2) is 186 Å². The van der Waals surface area contributed by atoms with Crippen LogP contribution < -0.4 is 0 Å². The Kier molecular flexibility index (Phi) is 5.96. The number of rotatable bonds is 3. The minimum Gasteiger partial charge on any atom is -0.308 e. The molecule has 0 bridgehead atoms. The molecule has 232 valence electrons. The molecule has 0 amide bonds. The lowest BCUT2D eigenvalue weighted by molar-refractivity contribution is 1.19. The van der Waals surface area contributed by atoms with Crippen LogP contribution in [0.25, 0.3) is 93.2 Å². The van der Waals surface area contributed by atoms with Crippen molar-refractivity contribution in [2.45, 2.75) is 9.79 Å².